The van der Waals surface area contributed by atoms with Crippen molar-refractivity contribution in [3.63, 3.8) is 0 Å². The van der Waals surface area contributed by atoms with E-state index in [2.05, 4.69) is 18.7 Å². The van der Waals surface area contributed by atoms with Gasteiger partial charge in [-0.25, -0.2) is 0 Å². The Hall–Kier alpha value is -0.120. The van der Waals surface area contributed by atoms with E-state index in [0.29, 0.717) is 6.54 Å². The first-order valence-electron chi connectivity index (χ1n) is 3.95. The molecule has 62 valence electrons. The van der Waals surface area contributed by atoms with Gasteiger partial charge in [0.15, 0.2) is 0 Å². The molecule has 0 aromatic rings. The smallest absolute Gasteiger partial charge is 0.0698 e. The molecule has 0 aliphatic carbocycles. The van der Waals surface area contributed by atoms with E-state index in [1.54, 1.807) is 0 Å². The third-order valence-electron chi connectivity index (χ3n) is 1.63. The van der Waals surface area contributed by atoms with Crippen LogP contribution in [-0.4, -0.2) is 30.7 Å². The van der Waals surface area contributed by atoms with Gasteiger partial charge in [-0.2, -0.15) is 0 Å². The Balaban J connectivity index is 3.56. The highest BCUT2D eigenvalue weighted by atomic mass is 15.2. The number of hydrogen-bond donors (Lipinski definition) is 2. The summed E-state index contributed by atoms with van der Waals surface area (Å²) in [5.74, 6) is 0. The second-order valence-corrected chi connectivity index (χ2v) is 2.43. The zero-order valence-corrected chi connectivity index (χ0v) is 7.01. The van der Waals surface area contributed by atoms with E-state index >= 15 is 0 Å². The number of nitrogens with zero attached hydrogens (tertiary/aromatic N) is 1. The maximum Gasteiger partial charge on any atom is 0.0698 e. The van der Waals surface area contributed by atoms with Crippen LogP contribution in [-0.2, 0) is 0 Å². The van der Waals surface area contributed by atoms with Crippen LogP contribution in [0.25, 0.3) is 0 Å². The second-order valence-electron chi connectivity index (χ2n) is 2.43. The highest BCUT2D eigenvalue weighted by molar-refractivity contribution is 4.63. The molecular weight excluding hydrogens is 126 g/mol. The Morgan fingerprint density at radius 2 is 2.00 bits per heavy atom. The monoisotopic (exact) mass is 145 g/mol. The van der Waals surface area contributed by atoms with Gasteiger partial charge < -0.3 is 11.5 Å². The molecule has 0 bridgehead atoms. The quantitative estimate of drug-likeness (QED) is 0.534. The molecule has 4 N–H and O–H groups in total. The van der Waals surface area contributed by atoms with Gasteiger partial charge in [0.25, 0.3) is 0 Å². The van der Waals surface area contributed by atoms with Crippen LogP contribution in [0.1, 0.15) is 20.3 Å². The van der Waals surface area contributed by atoms with Gasteiger partial charge >= 0.3 is 0 Å². The van der Waals surface area contributed by atoms with Gasteiger partial charge in [0, 0.05) is 6.54 Å². The minimum atomic E-state index is 0.0462. The molecule has 3 nitrogen and oxygen atoms in total. The van der Waals surface area contributed by atoms with Crippen molar-refractivity contribution in [2.45, 2.75) is 26.4 Å². The predicted molar refractivity (Wildman–Crippen MR) is 44.6 cm³/mol. The first kappa shape index (κ1) is 9.88. The van der Waals surface area contributed by atoms with Crippen LogP contribution in [0.3, 0.4) is 0 Å². The lowest BCUT2D eigenvalue weighted by Crippen LogP contribution is -2.47. The lowest BCUT2D eigenvalue weighted by atomic mass is 10.3. The van der Waals surface area contributed by atoms with Gasteiger partial charge in [-0.15, -0.1) is 0 Å². The van der Waals surface area contributed by atoms with Crippen LogP contribution in [0, 0.1) is 0 Å². The summed E-state index contributed by atoms with van der Waals surface area (Å²) in [6, 6.07) is 0. The van der Waals surface area contributed by atoms with Crippen molar-refractivity contribution in [2.24, 2.45) is 11.5 Å². The largest absolute Gasteiger partial charge is 0.328 e. The molecule has 0 amide bonds. The Labute approximate surface area is 63.4 Å². The van der Waals surface area contributed by atoms with E-state index in [0.717, 1.165) is 19.5 Å². The highest BCUT2D eigenvalue weighted by Gasteiger charge is 2.07. The topological polar surface area (TPSA) is 55.3 Å². The van der Waals surface area contributed by atoms with Gasteiger partial charge in [-0.1, -0.05) is 13.8 Å². The predicted octanol–water partition coefficient (Wildman–Crippen LogP) is -0.0382. The van der Waals surface area contributed by atoms with E-state index in [9.17, 15) is 0 Å². The molecule has 0 rings (SSSR count). The molecule has 1 atom stereocenters. The Bertz CT molecular complexity index is 75.3. The van der Waals surface area contributed by atoms with E-state index in [1.807, 2.05) is 0 Å². The highest BCUT2D eigenvalue weighted by Crippen LogP contribution is 1.92. The van der Waals surface area contributed by atoms with Crippen molar-refractivity contribution in [1.29, 1.82) is 0 Å². The summed E-state index contributed by atoms with van der Waals surface area (Å²) in [6.45, 7) is 6.84. The molecule has 0 spiro atoms. The van der Waals surface area contributed by atoms with Crippen molar-refractivity contribution in [2.75, 3.05) is 19.6 Å². The average Bonchev–Trinajstić information content (AvgIpc) is 1.99. The molecule has 1 unspecified atom stereocenters. The van der Waals surface area contributed by atoms with E-state index in [-0.39, 0.29) is 6.17 Å². The number of nitrogens with two attached hydrogens (primary N) is 2. The van der Waals surface area contributed by atoms with Gasteiger partial charge in [0.1, 0.15) is 0 Å². The summed E-state index contributed by atoms with van der Waals surface area (Å²) < 4.78 is 0. The molecule has 0 saturated heterocycles. The standard InChI is InChI=1S/C7H19N3/c1-3-5-10(4-2)7(9)6-8/h7H,3-6,8-9H2,1-2H3. The maximum absolute atomic E-state index is 5.71. The molecular formula is C7H19N3. The van der Waals surface area contributed by atoms with Gasteiger partial charge in [-0.3, -0.25) is 4.90 Å². The second kappa shape index (κ2) is 5.65. The first-order valence-corrected chi connectivity index (χ1v) is 3.95. The molecule has 10 heavy (non-hydrogen) atoms. The molecule has 0 radical (unpaired) electrons. The average molecular weight is 145 g/mol. The SMILES string of the molecule is CCCN(CC)C(N)CN. The Morgan fingerprint density at radius 3 is 2.30 bits per heavy atom. The zero-order valence-electron chi connectivity index (χ0n) is 7.01. The van der Waals surface area contributed by atoms with Crippen LogP contribution in [0.4, 0.5) is 0 Å². The molecule has 0 heterocycles. The van der Waals surface area contributed by atoms with Crippen molar-refractivity contribution in [3.05, 3.63) is 0 Å². The normalized spacial score (nSPS) is 14.1. The molecule has 3 heteroatoms. The van der Waals surface area contributed by atoms with Crippen LogP contribution in [0.15, 0.2) is 0 Å². The van der Waals surface area contributed by atoms with Crippen LogP contribution in [0.2, 0.25) is 0 Å². The van der Waals surface area contributed by atoms with Crippen molar-refractivity contribution < 1.29 is 0 Å². The van der Waals surface area contributed by atoms with Crippen LogP contribution in [0.5, 0.6) is 0 Å². The Kier molecular flexibility index (Phi) is 5.58. The summed E-state index contributed by atoms with van der Waals surface area (Å²) in [6.07, 6.45) is 1.19. The summed E-state index contributed by atoms with van der Waals surface area (Å²) >= 11 is 0. The number of hydrogen-bond acceptors (Lipinski definition) is 3. The molecule has 0 aromatic heterocycles. The minimum Gasteiger partial charge on any atom is -0.328 e. The first-order chi connectivity index (χ1) is 4.76. The zero-order chi connectivity index (χ0) is 7.98. The lowest BCUT2D eigenvalue weighted by molar-refractivity contribution is 0.215. The Morgan fingerprint density at radius 1 is 1.40 bits per heavy atom. The fourth-order valence-electron chi connectivity index (χ4n) is 0.995. The summed E-state index contributed by atoms with van der Waals surface area (Å²) in [7, 11) is 0. The fraction of sp³-hybridized carbons (Fsp3) is 1.00. The van der Waals surface area contributed by atoms with E-state index in [1.165, 1.54) is 0 Å². The van der Waals surface area contributed by atoms with Crippen LogP contribution < -0.4 is 11.5 Å². The van der Waals surface area contributed by atoms with Gasteiger partial charge in [0.05, 0.1) is 6.17 Å². The van der Waals surface area contributed by atoms with Crippen molar-refractivity contribution in [1.82, 2.24) is 4.90 Å². The van der Waals surface area contributed by atoms with Crippen molar-refractivity contribution in [3.8, 4) is 0 Å². The van der Waals surface area contributed by atoms with Gasteiger partial charge in [-0.05, 0) is 19.5 Å². The van der Waals surface area contributed by atoms with Gasteiger partial charge in [0.2, 0.25) is 0 Å². The summed E-state index contributed by atoms with van der Waals surface area (Å²) in [5, 5.41) is 0. The van der Waals surface area contributed by atoms with Crippen molar-refractivity contribution >= 4 is 0 Å². The molecule has 0 saturated carbocycles. The number of likely N-dealkylation sites (N-methyl/N-ethyl adjacent to an activating group) is 1. The third kappa shape index (κ3) is 3.15. The molecule has 0 fully saturated rings. The number of rotatable bonds is 5. The summed E-state index contributed by atoms with van der Waals surface area (Å²) in [4.78, 5) is 2.18. The van der Waals surface area contributed by atoms with E-state index < -0.39 is 0 Å². The third-order valence-corrected chi connectivity index (χ3v) is 1.63. The maximum atomic E-state index is 5.71. The van der Waals surface area contributed by atoms with Crippen LogP contribution >= 0.6 is 0 Å². The fourth-order valence-corrected chi connectivity index (χ4v) is 0.995. The van der Waals surface area contributed by atoms with E-state index in [4.69, 9.17) is 11.5 Å². The molecule has 0 aliphatic heterocycles. The lowest BCUT2D eigenvalue weighted by Gasteiger charge is -2.25. The molecule has 0 aliphatic rings. The minimum absolute atomic E-state index is 0.0462. The summed E-state index contributed by atoms with van der Waals surface area (Å²) in [5.41, 5.74) is 11.1. The molecule has 0 aromatic carbocycles.